The van der Waals surface area contributed by atoms with E-state index in [0.29, 0.717) is 25.2 Å². The molecule has 4 atom stereocenters. The Labute approximate surface area is 235 Å². The van der Waals surface area contributed by atoms with Crippen molar-refractivity contribution >= 4 is 28.4 Å². The van der Waals surface area contributed by atoms with Gasteiger partial charge in [0, 0.05) is 35.3 Å². The Hall–Kier alpha value is -3.59. The lowest BCUT2D eigenvalue weighted by Crippen LogP contribution is -2.44. The molecule has 2 aromatic carbocycles. The number of nitrogens with one attached hydrogen (secondary N) is 1. The highest BCUT2D eigenvalue weighted by molar-refractivity contribution is 5.97. The fourth-order valence-corrected chi connectivity index (χ4v) is 7.63. The summed E-state index contributed by atoms with van der Waals surface area (Å²) >= 11 is 0. The van der Waals surface area contributed by atoms with Crippen molar-refractivity contribution in [2.24, 2.45) is 0 Å². The first-order valence-electron chi connectivity index (χ1n) is 14.7. The predicted molar refractivity (Wildman–Crippen MR) is 155 cm³/mol. The van der Waals surface area contributed by atoms with Crippen molar-refractivity contribution in [3.8, 4) is 6.01 Å². The van der Waals surface area contributed by atoms with E-state index in [1.807, 2.05) is 0 Å². The highest BCUT2D eigenvalue weighted by Crippen LogP contribution is 2.44. The van der Waals surface area contributed by atoms with E-state index in [2.05, 4.69) is 70.4 Å². The van der Waals surface area contributed by atoms with E-state index in [1.165, 1.54) is 34.0 Å². The number of benzene rings is 2. The first-order valence-corrected chi connectivity index (χ1v) is 14.7. The number of ether oxygens (including phenoxy) is 1. The molecule has 3 unspecified atom stereocenters. The van der Waals surface area contributed by atoms with Gasteiger partial charge >= 0.3 is 12.1 Å². The number of anilines is 2. The number of hydrogen-bond donors (Lipinski definition) is 2. The van der Waals surface area contributed by atoms with Gasteiger partial charge in [-0.3, -0.25) is 0 Å². The van der Waals surface area contributed by atoms with Crippen molar-refractivity contribution in [3.05, 3.63) is 53.2 Å². The van der Waals surface area contributed by atoms with Gasteiger partial charge in [-0.25, -0.2) is 4.79 Å². The van der Waals surface area contributed by atoms with Gasteiger partial charge in [0.2, 0.25) is 0 Å². The van der Waals surface area contributed by atoms with Crippen LogP contribution in [0, 0.1) is 6.92 Å². The number of rotatable bonds is 6. The quantitative estimate of drug-likeness (QED) is 0.475. The van der Waals surface area contributed by atoms with E-state index >= 15 is 0 Å². The van der Waals surface area contributed by atoms with Gasteiger partial charge in [-0.2, -0.15) is 9.97 Å². The lowest BCUT2D eigenvalue weighted by molar-refractivity contribution is 0.186. The Balaban J connectivity index is 1.24. The summed E-state index contributed by atoms with van der Waals surface area (Å²) in [6, 6.07) is 14.2. The third kappa shape index (κ3) is 4.40. The van der Waals surface area contributed by atoms with Crippen LogP contribution in [-0.4, -0.2) is 77.0 Å². The van der Waals surface area contributed by atoms with Crippen LogP contribution < -0.4 is 19.9 Å². The zero-order valence-corrected chi connectivity index (χ0v) is 23.3. The van der Waals surface area contributed by atoms with Gasteiger partial charge in [0.25, 0.3) is 0 Å². The van der Waals surface area contributed by atoms with Crippen molar-refractivity contribution in [3.63, 3.8) is 0 Å². The lowest BCUT2D eigenvalue weighted by atomic mass is 9.96. The summed E-state index contributed by atoms with van der Waals surface area (Å²) in [5.41, 5.74) is 4.72. The lowest BCUT2D eigenvalue weighted by Gasteiger charge is -2.35. The minimum Gasteiger partial charge on any atom is -0.465 e. The molecule has 4 aliphatic heterocycles. The number of carbonyl (C=O) groups is 1. The van der Waals surface area contributed by atoms with Crippen molar-refractivity contribution in [1.82, 2.24) is 20.2 Å². The smallest absolute Gasteiger partial charge is 0.404 e. The zero-order chi connectivity index (χ0) is 27.4. The van der Waals surface area contributed by atoms with Crippen LogP contribution in [0.25, 0.3) is 10.8 Å². The predicted octanol–water partition coefficient (Wildman–Crippen LogP) is 4.35. The summed E-state index contributed by atoms with van der Waals surface area (Å²) in [4.78, 5) is 28.8. The molecule has 9 heteroatoms. The number of aryl methyl sites for hydroxylation is 1. The van der Waals surface area contributed by atoms with Crippen LogP contribution in [0.2, 0.25) is 0 Å². The molecule has 2 N–H and O–H groups in total. The SMILES string of the molecule is Cc1cccc2cccc(N3CCc4c(nc(OC[C@@H]5CCCN5C)nc4N4C5CCC4C(NC(=O)O)C5)C3)c12. The summed E-state index contributed by atoms with van der Waals surface area (Å²) < 4.78 is 6.32. The van der Waals surface area contributed by atoms with Gasteiger partial charge in [0.1, 0.15) is 12.4 Å². The van der Waals surface area contributed by atoms with Gasteiger partial charge in [0.05, 0.1) is 24.3 Å². The van der Waals surface area contributed by atoms with Crippen molar-refractivity contribution in [1.29, 1.82) is 0 Å². The molecule has 210 valence electrons. The van der Waals surface area contributed by atoms with Crippen molar-refractivity contribution in [2.45, 2.75) is 76.2 Å². The highest BCUT2D eigenvalue weighted by atomic mass is 16.5. The van der Waals surface area contributed by atoms with Crippen LogP contribution in [0.3, 0.4) is 0 Å². The molecule has 0 saturated carbocycles. The van der Waals surface area contributed by atoms with Crippen molar-refractivity contribution < 1.29 is 14.6 Å². The Bertz CT molecular complexity index is 1440. The van der Waals surface area contributed by atoms with E-state index in [9.17, 15) is 9.90 Å². The summed E-state index contributed by atoms with van der Waals surface area (Å²) in [6.45, 7) is 5.43. The number of amides is 1. The molecule has 0 spiro atoms. The number of fused-ring (bicyclic) bond motifs is 4. The first-order chi connectivity index (χ1) is 19.5. The first kappa shape index (κ1) is 25.4. The maximum atomic E-state index is 11.5. The van der Waals surface area contributed by atoms with Gasteiger partial charge in [-0.05, 0) is 76.1 Å². The van der Waals surface area contributed by atoms with Gasteiger partial charge in [-0.1, -0.05) is 30.3 Å². The molecule has 40 heavy (non-hydrogen) atoms. The molecular formula is C31H38N6O3. The Morgan fingerprint density at radius 3 is 2.77 bits per heavy atom. The number of likely N-dealkylation sites (N-methyl/N-ethyl adjacent to an activating group) is 1. The van der Waals surface area contributed by atoms with Crippen LogP contribution in [-0.2, 0) is 13.0 Å². The van der Waals surface area contributed by atoms with Crippen LogP contribution >= 0.6 is 0 Å². The number of aromatic nitrogens is 2. The second-order valence-electron chi connectivity index (χ2n) is 12.0. The average molecular weight is 543 g/mol. The van der Waals surface area contributed by atoms with Crippen LogP contribution in [0.5, 0.6) is 6.01 Å². The molecule has 0 aliphatic carbocycles. The molecule has 1 aromatic heterocycles. The summed E-state index contributed by atoms with van der Waals surface area (Å²) in [7, 11) is 2.15. The minimum absolute atomic E-state index is 0.0721. The molecule has 4 aliphatic rings. The Morgan fingerprint density at radius 1 is 1.12 bits per heavy atom. The highest BCUT2D eigenvalue weighted by Gasteiger charge is 2.48. The number of likely N-dealkylation sites (tertiary alicyclic amines) is 1. The minimum atomic E-state index is -0.951. The maximum absolute atomic E-state index is 11.5. The fraction of sp³-hybridized carbons (Fsp3) is 0.516. The molecular weight excluding hydrogens is 504 g/mol. The third-order valence-corrected chi connectivity index (χ3v) is 9.62. The largest absolute Gasteiger partial charge is 0.465 e. The molecule has 9 nitrogen and oxygen atoms in total. The number of carboxylic acid groups (broad SMARTS) is 1. The third-order valence-electron chi connectivity index (χ3n) is 9.62. The summed E-state index contributed by atoms with van der Waals surface area (Å²) in [5.74, 6) is 0.954. The second-order valence-corrected chi connectivity index (χ2v) is 12.0. The van der Waals surface area contributed by atoms with Gasteiger partial charge < -0.3 is 29.9 Å². The zero-order valence-electron chi connectivity index (χ0n) is 23.3. The summed E-state index contributed by atoms with van der Waals surface area (Å²) in [5, 5.41) is 14.8. The van der Waals surface area contributed by atoms with Gasteiger partial charge in [0.15, 0.2) is 0 Å². The Kier molecular flexibility index (Phi) is 6.41. The monoisotopic (exact) mass is 542 g/mol. The standard InChI is InChI=1S/C31H38N6O3/c1-19-6-3-7-20-8-4-10-27(28(19)20)36-15-13-23-25(17-36)32-30(40-18-22-9-5-14-35(22)2)34-29(23)37-21-11-12-26(37)24(16-21)33-31(38)39/h3-4,6-8,10,21-22,24,26,33H,5,9,11-18H2,1-2H3,(H,38,39)/t21?,22-,24?,26?/m0/s1. The normalized spacial score (nSPS) is 25.9. The molecule has 3 saturated heterocycles. The van der Waals surface area contributed by atoms with Crippen LogP contribution in [0.15, 0.2) is 36.4 Å². The molecule has 0 radical (unpaired) electrons. The second kappa shape index (κ2) is 10.1. The molecule has 3 aromatic rings. The Morgan fingerprint density at radius 2 is 1.98 bits per heavy atom. The molecule has 7 rings (SSSR count). The molecule has 1 amide bonds. The maximum Gasteiger partial charge on any atom is 0.404 e. The average Bonchev–Trinajstić information content (AvgIpc) is 3.64. The number of nitrogens with zero attached hydrogens (tertiary/aromatic N) is 5. The van der Waals surface area contributed by atoms with Crippen LogP contribution in [0.1, 0.15) is 48.9 Å². The van der Waals surface area contributed by atoms with E-state index < -0.39 is 6.09 Å². The molecule has 3 fully saturated rings. The fourth-order valence-electron chi connectivity index (χ4n) is 7.63. The van der Waals surface area contributed by atoms with E-state index in [0.717, 1.165) is 56.7 Å². The van der Waals surface area contributed by atoms with Crippen LogP contribution in [0.4, 0.5) is 16.3 Å². The van der Waals surface area contributed by atoms with Gasteiger partial charge in [-0.15, -0.1) is 0 Å². The van der Waals surface area contributed by atoms with E-state index in [1.54, 1.807) is 0 Å². The summed E-state index contributed by atoms with van der Waals surface area (Å²) in [6.07, 6.45) is 5.06. The topological polar surface area (TPSA) is 94.1 Å². The number of hydrogen-bond acceptors (Lipinski definition) is 7. The molecule has 5 heterocycles. The van der Waals surface area contributed by atoms with E-state index in [4.69, 9.17) is 14.7 Å². The van der Waals surface area contributed by atoms with Crippen molar-refractivity contribution in [2.75, 3.05) is 36.5 Å². The molecule has 2 bridgehead atoms. The van der Waals surface area contributed by atoms with E-state index in [-0.39, 0.29) is 18.1 Å².